The Morgan fingerprint density at radius 2 is 1.77 bits per heavy atom. The Balaban J connectivity index is 2.23. The standard InChI is InChI=1S/C21H36O/c1-18(2,3)12-9-13-19(4,5)16-11-15-21(7)17(22)10-8-14-20(16,21)6/h9,13,16H,8,10-12,14-15H2,1-7H3/b13-9+/t16-,20-,21+/m1/s1. The van der Waals surface area contributed by atoms with Gasteiger partial charge in [-0.15, -0.1) is 0 Å². The van der Waals surface area contributed by atoms with Gasteiger partial charge in [-0.3, -0.25) is 4.79 Å². The molecule has 3 atom stereocenters. The zero-order chi connectivity index (χ0) is 16.8. The molecular formula is C21H36O. The van der Waals surface area contributed by atoms with Crippen LogP contribution in [0.25, 0.3) is 0 Å². The average Bonchev–Trinajstić information content (AvgIpc) is 2.62. The molecule has 2 fully saturated rings. The Hall–Kier alpha value is -0.590. The minimum atomic E-state index is -0.0783. The topological polar surface area (TPSA) is 17.1 Å². The van der Waals surface area contributed by atoms with Gasteiger partial charge in [0.05, 0.1) is 0 Å². The molecule has 0 saturated heterocycles. The molecule has 0 N–H and O–H groups in total. The lowest BCUT2D eigenvalue weighted by atomic mass is 9.52. The van der Waals surface area contributed by atoms with Crippen molar-refractivity contribution < 1.29 is 4.79 Å². The van der Waals surface area contributed by atoms with Gasteiger partial charge in [0.25, 0.3) is 0 Å². The lowest BCUT2D eigenvalue weighted by molar-refractivity contribution is -0.140. The summed E-state index contributed by atoms with van der Waals surface area (Å²) in [5.74, 6) is 1.14. The summed E-state index contributed by atoms with van der Waals surface area (Å²) in [6, 6.07) is 0. The maximum absolute atomic E-state index is 12.6. The van der Waals surface area contributed by atoms with Crippen molar-refractivity contribution in [1.82, 2.24) is 0 Å². The van der Waals surface area contributed by atoms with Crippen molar-refractivity contribution in [2.75, 3.05) is 0 Å². The van der Waals surface area contributed by atoms with Crippen molar-refractivity contribution in [1.29, 1.82) is 0 Å². The second kappa shape index (κ2) is 5.49. The van der Waals surface area contributed by atoms with E-state index < -0.39 is 0 Å². The van der Waals surface area contributed by atoms with Crippen LogP contribution >= 0.6 is 0 Å². The molecule has 0 heterocycles. The summed E-state index contributed by atoms with van der Waals surface area (Å²) in [6.07, 6.45) is 11.3. The van der Waals surface area contributed by atoms with E-state index in [1.165, 1.54) is 12.8 Å². The van der Waals surface area contributed by atoms with E-state index in [2.05, 4.69) is 60.6 Å². The molecule has 1 nitrogen and oxygen atoms in total. The van der Waals surface area contributed by atoms with Gasteiger partial charge in [-0.2, -0.15) is 0 Å². The Labute approximate surface area is 137 Å². The maximum Gasteiger partial charge on any atom is 0.139 e. The molecular weight excluding hydrogens is 268 g/mol. The van der Waals surface area contributed by atoms with Gasteiger partial charge in [0.1, 0.15) is 5.78 Å². The van der Waals surface area contributed by atoms with Gasteiger partial charge in [0, 0.05) is 11.8 Å². The quantitative estimate of drug-likeness (QED) is 0.569. The molecule has 2 aliphatic carbocycles. The Morgan fingerprint density at radius 3 is 2.36 bits per heavy atom. The molecule has 2 rings (SSSR count). The maximum atomic E-state index is 12.6. The molecule has 2 saturated carbocycles. The first kappa shape index (κ1) is 17.8. The lowest BCUT2D eigenvalue weighted by Crippen LogP contribution is -2.48. The lowest BCUT2D eigenvalue weighted by Gasteiger charge is -2.50. The highest BCUT2D eigenvalue weighted by Gasteiger charge is 2.61. The molecule has 22 heavy (non-hydrogen) atoms. The predicted octanol–water partition coefficient (Wildman–Crippen LogP) is 6.18. The SMILES string of the molecule is CC(C)(C)C/C=C/C(C)(C)[C@H]1CC[C@@]2(C)C(=O)CCC[C@]12C. The second-order valence-electron chi connectivity index (χ2n) is 10.1. The highest BCUT2D eigenvalue weighted by molar-refractivity contribution is 5.86. The zero-order valence-corrected chi connectivity index (χ0v) is 15.9. The van der Waals surface area contributed by atoms with Crippen molar-refractivity contribution >= 4 is 5.78 Å². The number of hydrogen-bond donors (Lipinski definition) is 0. The minimum absolute atomic E-state index is 0.0783. The summed E-state index contributed by atoms with van der Waals surface area (Å²) in [6.45, 7) is 16.3. The number of Topliss-reactive ketones (excluding diaryl/α,β-unsaturated/α-hetero) is 1. The number of allylic oxidation sites excluding steroid dienone is 2. The van der Waals surface area contributed by atoms with E-state index >= 15 is 0 Å². The fraction of sp³-hybridized carbons (Fsp3) is 0.857. The van der Waals surface area contributed by atoms with Crippen molar-refractivity contribution in [2.45, 2.75) is 87.0 Å². The molecule has 0 unspecified atom stereocenters. The molecule has 0 aromatic carbocycles. The van der Waals surface area contributed by atoms with Crippen molar-refractivity contribution in [2.24, 2.45) is 27.6 Å². The number of fused-ring (bicyclic) bond motifs is 1. The summed E-state index contributed by atoms with van der Waals surface area (Å²) in [7, 11) is 0. The third-order valence-electron chi connectivity index (χ3n) is 6.85. The smallest absolute Gasteiger partial charge is 0.139 e. The van der Waals surface area contributed by atoms with Crippen molar-refractivity contribution in [3.05, 3.63) is 12.2 Å². The van der Waals surface area contributed by atoms with Crippen LogP contribution in [0, 0.1) is 27.6 Å². The highest BCUT2D eigenvalue weighted by Crippen LogP contribution is 2.65. The first-order chi connectivity index (χ1) is 9.92. The van der Waals surface area contributed by atoms with Gasteiger partial charge in [-0.05, 0) is 54.3 Å². The number of carbonyl (C=O) groups excluding carboxylic acids is 1. The third-order valence-corrected chi connectivity index (χ3v) is 6.85. The molecule has 1 heteroatoms. The van der Waals surface area contributed by atoms with Gasteiger partial charge < -0.3 is 0 Å². The van der Waals surface area contributed by atoms with E-state index in [0.717, 1.165) is 25.7 Å². The van der Waals surface area contributed by atoms with Gasteiger partial charge >= 0.3 is 0 Å². The fourth-order valence-electron chi connectivity index (χ4n) is 5.25. The van der Waals surface area contributed by atoms with Crippen LogP contribution in [-0.4, -0.2) is 5.78 Å². The molecule has 0 aromatic heterocycles. The predicted molar refractivity (Wildman–Crippen MR) is 94.8 cm³/mol. The molecule has 2 aliphatic rings. The van der Waals surface area contributed by atoms with Crippen molar-refractivity contribution in [3.63, 3.8) is 0 Å². The van der Waals surface area contributed by atoms with Gasteiger partial charge in [0.2, 0.25) is 0 Å². The zero-order valence-electron chi connectivity index (χ0n) is 15.9. The van der Waals surface area contributed by atoms with E-state index in [4.69, 9.17) is 0 Å². The molecule has 0 bridgehead atoms. The van der Waals surface area contributed by atoms with Crippen LogP contribution in [-0.2, 0) is 4.79 Å². The number of carbonyl (C=O) groups is 1. The van der Waals surface area contributed by atoms with E-state index in [0.29, 0.717) is 17.1 Å². The molecule has 0 aromatic rings. The van der Waals surface area contributed by atoms with Gasteiger partial charge in [-0.25, -0.2) is 0 Å². The number of hydrogen-bond acceptors (Lipinski definition) is 1. The normalized spacial score (nSPS) is 36.9. The van der Waals surface area contributed by atoms with Crippen LogP contribution in [0.3, 0.4) is 0 Å². The van der Waals surface area contributed by atoms with Crippen LogP contribution in [0.2, 0.25) is 0 Å². The molecule has 0 amide bonds. The van der Waals surface area contributed by atoms with Crippen molar-refractivity contribution in [3.8, 4) is 0 Å². The monoisotopic (exact) mass is 304 g/mol. The van der Waals surface area contributed by atoms with Crippen LogP contribution in [0.1, 0.15) is 87.0 Å². The van der Waals surface area contributed by atoms with E-state index in [1.807, 2.05) is 0 Å². The summed E-state index contributed by atoms with van der Waals surface area (Å²) >= 11 is 0. The first-order valence-electron chi connectivity index (χ1n) is 9.13. The number of ketones is 1. The van der Waals surface area contributed by atoms with E-state index in [9.17, 15) is 4.79 Å². The second-order valence-corrected chi connectivity index (χ2v) is 10.1. The van der Waals surface area contributed by atoms with E-state index in [1.54, 1.807) is 0 Å². The van der Waals surface area contributed by atoms with Crippen LogP contribution in [0.5, 0.6) is 0 Å². The van der Waals surface area contributed by atoms with Gasteiger partial charge in [-0.1, -0.05) is 60.6 Å². The molecule has 0 aliphatic heterocycles. The molecule has 0 spiro atoms. The molecule has 126 valence electrons. The fourth-order valence-corrected chi connectivity index (χ4v) is 5.25. The third kappa shape index (κ3) is 2.93. The summed E-state index contributed by atoms with van der Waals surface area (Å²) < 4.78 is 0. The Kier molecular flexibility index (Phi) is 4.44. The summed E-state index contributed by atoms with van der Waals surface area (Å²) in [5, 5.41) is 0. The number of rotatable bonds is 3. The van der Waals surface area contributed by atoms with Crippen LogP contribution in [0.15, 0.2) is 12.2 Å². The van der Waals surface area contributed by atoms with Crippen LogP contribution in [0.4, 0.5) is 0 Å². The highest BCUT2D eigenvalue weighted by atomic mass is 16.1. The minimum Gasteiger partial charge on any atom is -0.299 e. The Bertz CT molecular complexity index is 465. The largest absolute Gasteiger partial charge is 0.299 e. The summed E-state index contributed by atoms with van der Waals surface area (Å²) in [4.78, 5) is 12.6. The average molecular weight is 305 g/mol. The summed E-state index contributed by atoms with van der Waals surface area (Å²) in [5.41, 5.74) is 0.625. The Morgan fingerprint density at radius 1 is 1.14 bits per heavy atom. The van der Waals surface area contributed by atoms with Crippen LogP contribution < -0.4 is 0 Å². The first-order valence-corrected chi connectivity index (χ1v) is 9.13. The van der Waals surface area contributed by atoms with E-state index in [-0.39, 0.29) is 16.2 Å². The van der Waals surface area contributed by atoms with Gasteiger partial charge in [0.15, 0.2) is 0 Å². The molecule has 0 radical (unpaired) electrons.